The van der Waals surface area contributed by atoms with Crippen LogP contribution in [0.3, 0.4) is 0 Å². The number of thioether (sulfide) groups is 1. The fourth-order valence-electron chi connectivity index (χ4n) is 2.91. The summed E-state index contributed by atoms with van der Waals surface area (Å²) in [6.45, 7) is 0.490. The molecule has 1 amide bonds. The monoisotopic (exact) mass is 394 g/mol. The molecule has 0 N–H and O–H groups in total. The molecule has 136 valence electrons. The van der Waals surface area contributed by atoms with Crippen LogP contribution in [0.25, 0.3) is 15.9 Å². The van der Waals surface area contributed by atoms with Crippen molar-refractivity contribution in [3.8, 4) is 5.69 Å². The van der Waals surface area contributed by atoms with E-state index in [1.165, 1.54) is 0 Å². The molecule has 0 fully saturated rings. The predicted octanol–water partition coefficient (Wildman–Crippen LogP) is 4.48. The van der Waals surface area contributed by atoms with Crippen LogP contribution >= 0.6 is 23.1 Å². The van der Waals surface area contributed by atoms with Gasteiger partial charge < -0.3 is 4.90 Å². The lowest BCUT2D eigenvalue weighted by molar-refractivity contribution is 0.0785. The Morgan fingerprint density at radius 1 is 1.22 bits per heavy atom. The highest BCUT2D eigenvalue weighted by Gasteiger charge is 2.15. The van der Waals surface area contributed by atoms with E-state index in [1.54, 1.807) is 34.2 Å². The Hall–Kier alpha value is -2.64. The van der Waals surface area contributed by atoms with E-state index in [4.69, 9.17) is 0 Å². The van der Waals surface area contributed by atoms with Crippen LogP contribution in [-0.4, -0.2) is 38.6 Å². The molecule has 4 aromatic rings. The number of rotatable bonds is 5. The van der Waals surface area contributed by atoms with Gasteiger partial charge in [0.1, 0.15) is 5.01 Å². The number of aromatic nitrogens is 3. The van der Waals surface area contributed by atoms with Gasteiger partial charge in [-0.15, -0.1) is 11.3 Å². The van der Waals surface area contributed by atoms with Crippen molar-refractivity contribution in [2.24, 2.45) is 0 Å². The highest BCUT2D eigenvalue weighted by molar-refractivity contribution is 7.98. The SMILES string of the molecule is CSc1nccn1-c1cccc(C(=O)N(C)Cc2nc3ccccc3s2)c1. The second-order valence-corrected chi connectivity index (χ2v) is 7.96. The van der Waals surface area contributed by atoms with Crippen LogP contribution in [0.2, 0.25) is 0 Å². The number of imidazole rings is 1. The number of nitrogens with zero attached hydrogens (tertiary/aromatic N) is 4. The predicted molar refractivity (Wildman–Crippen MR) is 111 cm³/mol. The minimum absolute atomic E-state index is 0.0260. The summed E-state index contributed by atoms with van der Waals surface area (Å²) in [4.78, 5) is 23.6. The molecule has 0 atom stereocenters. The maximum absolute atomic E-state index is 12.9. The van der Waals surface area contributed by atoms with Crippen molar-refractivity contribution < 1.29 is 4.79 Å². The first-order chi connectivity index (χ1) is 13.2. The van der Waals surface area contributed by atoms with Crippen LogP contribution in [0.15, 0.2) is 66.1 Å². The number of carbonyl (C=O) groups excluding carboxylic acids is 1. The Balaban J connectivity index is 1.56. The number of fused-ring (bicyclic) bond motifs is 1. The number of amides is 1. The largest absolute Gasteiger partial charge is 0.335 e. The molecule has 7 heteroatoms. The average molecular weight is 395 g/mol. The smallest absolute Gasteiger partial charge is 0.254 e. The minimum Gasteiger partial charge on any atom is -0.335 e. The van der Waals surface area contributed by atoms with Crippen LogP contribution in [0.4, 0.5) is 0 Å². The molecular weight excluding hydrogens is 376 g/mol. The second kappa shape index (κ2) is 7.54. The number of carbonyl (C=O) groups is 1. The van der Waals surface area contributed by atoms with E-state index in [0.717, 1.165) is 26.1 Å². The summed E-state index contributed by atoms with van der Waals surface area (Å²) in [6.07, 6.45) is 5.65. The van der Waals surface area contributed by atoms with Gasteiger partial charge in [0.2, 0.25) is 0 Å². The lowest BCUT2D eigenvalue weighted by Gasteiger charge is -2.16. The Morgan fingerprint density at radius 2 is 2.07 bits per heavy atom. The summed E-state index contributed by atoms with van der Waals surface area (Å²) in [6, 6.07) is 15.7. The third-order valence-corrected chi connectivity index (χ3v) is 5.91. The van der Waals surface area contributed by atoms with Gasteiger partial charge in [-0.3, -0.25) is 9.36 Å². The fraction of sp³-hybridized carbons (Fsp3) is 0.150. The minimum atomic E-state index is -0.0260. The summed E-state index contributed by atoms with van der Waals surface area (Å²) < 4.78 is 3.12. The highest BCUT2D eigenvalue weighted by atomic mass is 32.2. The Kier molecular flexibility index (Phi) is 4.96. The van der Waals surface area contributed by atoms with Crippen molar-refractivity contribution in [1.29, 1.82) is 0 Å². The number of para-hydroxylation sites is 1. The molecule has 0 unspecified atom stereocenters. The molecule has 0 saturated heterocycles. The van der Waals surface area contributed by atoms with Crippen LogP contribution in [0.5, 0.6) is 0 Å². The van der Waals surface area contributed by atoms with E-state index in [9.17, 15) is 4.79 Å². The van der Waals surface area contributed by atoms with E-state index in [2.05, 4.69) is 16.0 Å². The van der Waals surface area contributed by atoms with Crippen molar-refractivity contribution in [3.63, 3.8) is 0 Å². The molecule has 2 aromatic heterocycles. The van der Waals surface area contributed by atoms with Crippen molar-refractivity contribution in [3.05, 3.63) is 71.5 Å². The van der Waals surface area contributed by atoms with Crippen molar-refractivity contribution in [2.45, 2.75) is 11.7 Å². The molecular formula is C20H18N4OS2. The third-order valence-electron chi connectivity index (χ3n) is 4.22. The van der Waals surface area contributed by atoms with Crippen LogP contribution in [0.1, 0.15) is 15.4 Å². The van der Waals surface area contributed by atoms with Crippen molar-refractivity contribution >= 4 is 39.2 Å². The van der Waals surface area contributed by atoms with Gasteiger partial charge in [-0.25, -0.2) is 9.97 Å². The third kappa shape index (κ3) is 3.61. The van der Waals surface area contributed by atoms with Gasteiger partial charge >= 0.3 is 0 Å². The van der Waals surface area contributed by atoms with Crippen LogP contribution in [0, 0.1) is 0 Å². The van der Waals surface area contributed by atoms with E-state index in [1.807, 2.05) is 66.5 Å². The first-order valence-corrected chi connectivity index (χ1v) is 10.5. The molecule has 2 heterocycles. The number of benzene rings is 2. The van der Waals surface area contributed by atoms with Crippen molar-refractivity contribution in [1.82, 2.24) is 19.4 Å². The van der Waals surface area contributed by atoms with Crippen molar-refractivity contribution in [2.75, 3.05) is 13.3 Å². The summed E-state index contributed by atoms with van der Waals surface area (Å²) in [5.41, 5.74) is 2.55. The molecule has 0 saturated carbocycles. The van der Waals surface area contributed by atoms with Crippen LogP contribution in [-0.2, 0) is 6.54 Å². The normalized spacial score (nSPS) is 11.0. The maximum Gasteiger partial charge on any atom is 0.254 e. The van der Waals surface area contributed by atoms with E-state index in [0.29, 0.717) is 12.1 Å². The van der Waals surface area contributed by atoms with E-state index < -0.39 is 0 Å². The molecule has 0 spiro atoms. The Bertz CT molecular complexity index is 1070. The number of thiazole rings is 1. The topological polar surface area (TPSA) is 51.0 Å². The molecule has 27 heavy (non-hydrogen) atoms. The first-order valence-electron chi connectivity index (χ1n) is 8.43. The van der Waals surface area contributed by atoms with Gasteiger partial charge in [-0.1, -0.05) is 30.0 Å². The molecule has 0 aliphatic rings. The summed E-state index contributed by atoms with van der Waals surface area (Å²) in [7, 11) is 1.81. The standard InChI is InChI=1S/C20H18N4OS2/c1-23(13-18-22-16-8-3-4-9-17(16)27-18)19(25)14-6-5-7-15(12-14)24-11-10-21-20(24)26-2/h3-12H,13H2,1-2H3. The zero-order chi connectivity index (χ0) is 18.8. The molecule has 0 radical (unpaired) electrons. The number of hydrogen-bond acceptors (Lipinski definition) is 5. The maximum atomic E-state index is 12.9. The molecule has 0 bridgehead atoms. The summed E-state index contributed by atoms with van der Waals surface area (Å²) in [5, 5.41) is 1.82. The molecule has 5 nitrogen and oxygen atoms in total. The molecule has 4 rings (SSSR count). The first kappa shape index (κ1) is 17.8. The Morgan fingerprint density at radius 3 is 2.89 bits per heavy atom. The summed E-state index contributed by atoms with van der Waals surface area (Å²) >= 11 is 3.19. The zero-order valence-electron chi connectivity index (χ0n) is 15.0. The lowest BCUT2D eigenvalue weighted by Crippen LogP contribution is -2.26. The van der Waals surface area contributed by atoms with E-state index >= 15 is 0 Å². The van der Waals surface area contributed by atoms with Gasteiger partial charge in [-0.2, -0.15) is 0 Å². The zero-order valence-corrected chi connectivity index (χ0v) is 16.6. The van der Waals surface area contributed by atoms with Gasteiger partial charge in [0.25, 0.3) is 5.91 Å². The molecule has 0 aliphatic heterocycles. The Labute approximate surface area is 165 Å². The fourth-order valence-corrected chi connectivity index (χ4v) is 4.46. The highest BCUT2D eigenvalue weighted by Crippen LogP contribution is 2.23. The van der Waals surface area contributed by atoms with Gasteiger partial charge in [0.05, 0.1) is 16.8 Å². The van der Waals surface area contributed by atoms with E-state index in [-0.39, 0.29) is 5.91 Å². The quantitative estimate of drug-likeness (QED) is 0.469. The average Bonchev–Trinajstić information content (AvgIpc) is 3.33. The molecule has 0 aliphatic carbocycles. The second-order valence-electron chi connectivity index (χ2n) is 6.07. The summed E-state index contributed by atoms with van der Waals surface area (Å²) in [5.74, 6) is -0.0260. The van der Waals surface area contributed by atoms with Gasteiger partial charge in [0.15, 0.2) is 5.16 Å². The van der Waals surface area contributed by atoms with Crippen LogP contribution < -0.4 is 0 Å². The molecule has 2 aromatic carbocycles. The lowest BCUT2D eigenvalue weighted by atomic mass is 10.1. The van der Waals surface area contributed by atoms with Gasteiger partial charge in [0, 0.05) is 30.7 Å². The van der Waals surface area contributed by atoms with Gasteiger partial charge in [-0.05, 0) is 36.6 Å². The number of hydrogen-bond donors (Lipinski definition) is 0.